The second kappa shape index (κ2) is 21.4. The van der Waals surface area contributed by atoms with Crippen LogP contribution in [0.5, 0.6) is 0 Å². The van der Waals surface area contributed by atoms with Crippen LogP contribution in [-0.4, -0.2) is 17.4 Å². The van der Waals surface area contributed by atoms with Gasteiger partial charge in [-0.1, -0.05) is 53.3 Å². The van der Waals surface area contributed by atoms with Crippen LogP contribution >= 0.6 is 0 Å². The van der Waals surface area contributed by atoms with E-state index in [1.54, 1.807) is 0 Å². The number of nitriles is 1. The number of carbonyl (C=O) groups is 2. The van der Waals surface area contributed by atoms with Gasteiger partial charge in [0.05, 0.1) is 33.6 Å². The van der Waals surface area contributed by atoms with Crippen LogP contribution in [0.3, 0.4) is 0 Å². The van der Waals surface area contributed by atoms with Crippen LogP contribution < -0.4 is 38.9 Å². The topological polar surface area (TPSA) is 124 Å². The normalized spacial score (nSPS) is 16.2. The third-order valence-corrected chi connectivity index (χ3v) is 8.95. The minimum Gasteiger partial charge on any atom is -0.544 e. The van der Waals surface area contributed by atoms with E-state index in [9.17, 15) is 35.9 Å². The molecule has 50 heavy (non-hydrogen) atoms. The molecule has 3 aromatic carbocycles. The standard InChI is InChI=1S/C11H9F2N.C11H10F2O2.C11H10F2O.3CH4.ClO2.Na/c12-9-3-2-8(6-10(9)13)11(7-14)4-1-5-11;12-8-3-2-7(6-9(8)13)11(10(14)15)4-1-5-11;12-9-3-2-8(6-10(9)13)11(7-14)4-1-5-11;;;;2-1-3;/h2-3,6H,1,4-5H2;2-3,6H,1,4-5H2,(H,14,15);2-3,6-7H,1,4-5H2;3*1H4;;/q;;;;;;-1;+1. The van der Waals surface area contributed by atoms with Gasteiger partial charge in [0.1, 0.15) is 6.29 Å². The van der Waals surface area contributed by atoms with E-state index in [1.807, 2.05) is 0 Å². The molecular formula is C36H41ClF6NNaO5. The maximum atomic E-state index is 13.0. The average molecular weight is 740 g/mol. The van der Waals surface area contributed by atoms with Crippen LogP contribution in [0.2, 0.25) is 0 Å². The summed E-state index contributed by atoms with van der Waals surface area (Å²) in [7, 11) is 0. The van der Waals surface area contributed by atoms with Crippen LogP contribution in [0.25, 0.3) is 0 Å². The van der Waals surface area contributed by atoms with E-state index >= 15 is 0 Å². The fourth-order valence-electron chi connectivity index (χ4n) is 5.58. The predicted octanol–water partition coefficient (Wildman–Crippen LogP) is 4.50. The molecule has 3 aliphatic rings. The number of benzene rings is 3. The Labute approximate surface area is 315 Å². The van der Waals surface area contributed by atoms with Gasteiger partial charge in [-0.2, -0.15) is 5.26 Å². The van der Waals surface area contributed by atoms with Gasteiger partial charge in [0, 0.05) is 0 Å². The van der Waals surface area contributed by atoms with Crippen molar-refractivity contribution < 1.29 is 91.2 Å². The number of hydrogen-bond donors (Lipinski definition) is 1. The molecule has 0 aliphatic heterocycles. The summed E-state index contributed by atoms with van der Waals surface area (Å²) < 4.78 is 93.3. The van der Waals surface area contributed by atoms with Gasteiger partial charge in [0.15, 0.2) is 34.9 Å². The first kappa shape index (κ1) is 49.2. The molecule has 0 atom stereocenters. The van der Waals surface area contributed by atoms with Crippen LogP contribution in [0.1, 0.15) is 96.8 Å². The Hall–Kier alpha value is -2.92. The third-order valence-electron chi connectivity index (χ3n) is 8.95. The fourth-order valence-corrected chi connectivity index (χ4v) is 5.58. The number of carboxylic acid groups (broad SMARTS) is 1. The molecule has 3 saturated carbocycles. The monoisotopic (exact) mass is 739 g/mol. The Morgan fingerprint density at radius 2 is 1.04 bits per heavy atom. The molecule has 0 bridgehead atoms. The first-order chi connectivity index (χ1) is 21.8. The second-order valence-corrected chi connectivity index (χ2v) is 11.5. The van der Waals surface area contributed by atoms with Crippen molar-refractivity contribution in [1.29, 1.82) is 5.26 Å². The zero-order valence-electron chi connectivity index (χ0n) is 25.3. The summed E-state index contributed by atoms with van der Waals surface area (Å²) in [6.07, 6.45) is 7.56. The van der Waals surface area contributed by atoms with Crippen LogP contribution in [-0.2, 0) is 25.8 Å². The molecular weight excluding hydrogens is 699 g/mol. The maximum Gasteiger partial charge on any atom is 1.00 e. The van der Waals surface area contributed by atoms with Gasteiger partial charge in [-0.3, -0.25) is 4.79 Å². The van der Waals surface area contributed by atoms with Crippen LogP contribution in [0, 0.1) is 57.6 Å². The maximum absolute atomic E-state index is 13.0. The number of halogens is 7. The fraction of sp³-hybridized carbons (Fsp3) is 0.417. The van der Waals surface area contributed by atoms with Crippen molar-refractivity contribution in [3.05, 3.63) is 106 Å². The smallest absolute Gasteiger partial charge is 0.544 e. The molecule has 0 saturated heterocycles. The van der Waals surface area contributed by atoms with Gasteiger partial charge in [-0.05, 0) is 98.0 Å². The largest absolute Gasteiger partial charge is 1.00 e. The molecule has 0 radical (unpaired) electrons. The number of carboxylic acids is 1. The number of aldehydes is 1. The van der Waals surface area contributed by atoms with Gasteiger partial charge in [-0.25, -0.2) is 26.3 Å². The molecule has 0 heterocycles. The summed E-state index contributed by atoms with van der Waals surface area (Å²) >= 11 is -0.417. The Balaban J connectivity index is 0. The van der Waals surface area contributed by atoms with E-state index in [2.05, 4.69) is 6.07 Å². The van der Waals surface area contributed by atoms with Crippen molar-refractivity contribution in [2.45, 2.75) is 96.3 Å². The Bertz CT molecular complexity index is 1590. The van der Waals surface area contributed by atoms with E-state index in [0.717, 1.165) is 87.6 Å². The first-order valence-corrected chi connectivity index (χ1v) is 14.8. The van der Waals surface area contributed by atoms with Gasteiger partial charge >= 0.3 is 35.5 Å². The average Bonchev–Trinajstić information content (AvgIpc) is 2.94. The van der Waals surface area contributed by atoms with Crippen molar-refractivity contribution >= 4 is 12.3 Å². The van der Waals surface area contributed by atoms with Crippen LogP contribution in [0.4, 0.5) is 26.3 Å². The molecule has 0 unspecified atom stereocenters. The molecule has 3 fully saturated rings. The number of carbonyl (C=O) groups excluding carboxylic acids is 1. The molecule has 6 nitrogen and oxygen atoms in total. The van der Waals surface area contributed by atoms with Gasteiger partial charge < -0.3 is 19.2 Å². The molecule has 0 amide bonds. The van der Waals surface area contributed by atoms with E-state index < -0.39 is 68.4 Å². The molecule has 6 rings (SSSR count). The molecule has 0 spiro atoms. The summed E-state index contributed by atoms with van der Waals surface area (Å²) in [5, 5.41) is 18.1. The summed E-state index contributed by atoms with van der Waals surface area (Å²) in [5.74, 6) is -6.37. The molecule has 1 N–H and O–H groups in total. The van der Waals surface area contributed by atoms with Crippen molar-refractivity contribution in [3.63, 3.8) is 0 Å². The van der Waals surface area contributed by atoms with Crippen molar-refractivity contribution in [3.8, 4) is 6.07 Å². The minimum absolute atomic E-state index is 0. The molecule has 0 aromatic heterocycles. The number of rotatable bonds is 5. The second-order valence-electron chi connectivity index (χ2n) is 11.4. The van der Waals surface area contributed by atoms with E-state index in [-0.39, 0.29) is 51.8 Å². The molecule has 270 valence electrons. The summed E-state index contributed by atoms with van der Waals surface area (Å²) in [5.41, 5.74) is -0.541. The van der Waals surface area contributed by atoms with E-state index in [0.29, 0.717) is 29.5 Å². The zero-order valence-corrected chi connectivity index (χ0v) is 28.1. The van der Waals surface area contributed by atoms with Gasteiger partial charge in [0.25, 0.3) is 0 Å². The quantitative estimate of drug-likeness (QED) is 0.234. The van der Waals surface area contributed by atoms with E-state index in [1.165, 1.54) is 18.2 Å². The van der Waals surface area contributed by atoms with Crippen LogP contribution in [0.15, 0.2) is 54.6 Å². The Kier molecular flexibility index (Phi) is 21.1. The van der Waals surface area contributed by atoms with Crippen molar-refractivity contribution in [1.82, 2.24) is 0 Å². The minimum atomic E-state index is -0.992. The number of nitrogens with zero attached hydrogens (tertiary/aromatic N) is 1. The van der Waals surface area contributed by atoms with Gasteiger partial charge in [-0.15, -0.1) is 0 Å². The Morgan fingerprint density at radius 1 is 0.680 bits per heavy atom. The van der Waals surface area contributed by atoms with Gasteiger partial charge in [0.2, 0.25) is 0 Å². The molecule has 3 aromatic rings. The molecule has 14 heteroatoms. The first-order valence-electron chi connectivity index (χ1n) is 14.2. The van der Waals surface area contributed by atoms with E-state index in [4.69, 9.17) is 19.7 Å². The SMILES string of the molecule is C.C.C.N#CC1(c2ccc(F)c(F)c2)CCC1.O=C(O)C1(c2ccc(F)c(F)c2)CCC1.O=CC1(c2ccc(F)c(F)c2)CCC1.[Na+].[O-][Cl+][O-]. The zero-order chi connectivity index (χ0) is 34.1. The summed E-state index contributed by atoms with van der Waals surface area (Å²) in [6.45, 7) is 0. The number of aliphatic carboxylic acids is 1. The molecule has 3 aliphatic carbocycles. The Morgan fingerprint density at radius 3 is 1.32 bits per heavy atom. The third kappa shape index (κ3) is 10.8. The predicted molar refractivity (Wildman–Crippen MR) is 165 cm³/mol. The van der Waals surface area contributed by atoms with Crippen molar-refractivity contribution in [2.24, 2.45) is 0 Å². The summed E-state index contributed by atoms with van der Waals surface area (Å²) in [6, 6.07) is 12.9. The van der Waals surface area contributed by atoms with Crippen molar-refractivity contribution in [2.75, 3.05) is 0 Å². The number of hydrogen-bond acceptors (Lipinski definition) is 5. The summed E-state index contributed by atoms with van der Waals surface area (Å²) in [4.78, 5) is 22.0.